The van der Waals surface area contributed by atoms with E-state index >= 15 is 0 Å². The van der Waals surface area contributed by atoms with Gasteiger partial charge in [-0.2, -0.15) is 0 Å². The Balaban J connectivity index is 0.00000676. The highest BCUT2D eigenvalue weighted by Gasteiger charge is 2.29. The number of hydrogen-bond donors (Lipinski definition) is 6. The van der Waals surface area contributed by atoms with E-state index in [1.54, 1.807) is 26.0 Å². The zero-order valence-corrected chi connectivity index (χ0v) is 15.9. The van der Waals surface area contributed by atoms with Crippen LogP contribution in [0.5, 0.6) is 5.75 Å². The highest BCUT2D eigenvalue weighted by atomic mass is 35.5. The van der Waals surface area contributed by atoms with Crippen LogP contribution in [0.1, 0.15) is 19.4 Å². The van der Waals surface area contributed by atoms with Crippen LogP contribution in [-0.2, 0) is 20.8 Å². The van der Waals surface area contributed by atoms with Crippen molar-refractivity contribution in [2.75, 3.05) is 6.61 Å². The number of carboxylic acids is 1. The van der Waals surface area contributed by atoms with E-state index in [0.29, 0.717) is 5.56 Å². The molecule has 9 nitrogen and oxygen atoms in total. The number of carboxylic acid groups (broad SMARTS) is 1. The third-order valence-electron chi connectivity index (χ3n) is 3.77. The zero-order valence-electron chi connectivity index (χ0n) is 15.1. The number of rotatable bonds is 9. The monoisotopic (exact) mass is 403 g/mol. The van der Waals surface area contributed by atoms with Crippen LogP contribution in [0.2, 0.25) is 0 Å². The molecule has 0 saturated carbocycles. The average molecular weight is 404 g/mol. The van der Waals surface area contributed by atoms with Gasteiger partial charge >= 0.3 is 5.97 Å². The Bertz CT molecular complexity index is 638. The Morgan fingerprint density at radius 1 is 1.07 bits per heavy atom. The highest BCUT2D eigenvalue weighted by Crippen LogP contribution is 2.11. The van der Waals surface area contributed by atoms with Crippen LogP contribution in [0.4, 0.5) is 0 Å². The van der Waals surface area contributed by atoms with E-state index in [1.807, 2.05) is 0 Å². The summed E-state index contributed by atoms with van der Waals surface area (Å²) in [6, 6.07) is 2.70. The second-order valence-electron chi connectivity index (χ2n) is 6.29. The van der Waals surface area contributed by atoms with Crippen molar-refractivity contribution in [1.82, 2.24) is 10.6 Å². The molecular formula is C17H26ClN3O6. The number of phenols is 1. The summed E-state index contributed by atoms with van der Waals surface area (Å²) in [5, 5.41) is 32.3. The molecule has 27 heavy (non-hydrogen) atoms. The fourth-order valence-electron chi connectivity index (χ4n) is 2.22. The number of aliphatic hydroxyl groups excluding tert-OH is 1. The van der Waals surface area contributed by atoms with Crippen LogP contribution >= 0.6 is 12.4 Å². The van der Waals surface area contributed by atoms with Crippen molar-refractivity contribution in [2.45, 2.75) is 38.4 Å². The first kappa shape index (κ1) is 24.6. The number of nitrogens with one attached hydrogen (secondary N) is 2. The quantitative estimate of drug-likeness (QED) is 0.320. The number of nitrogens with two attached hydrogens (primary N) is 1. The van der Waals surface area contributed by atoms with Gasteiger partial charge in [0.25, 0.3) is 0 Å². The van der Waals surface area contributed by atoms with Crippen molar-refractivity contribution >= 4 is 30.2 Å². The number of benzene rings is 1. The smallest absolute Gasteiger partial charge is 0.326 e. The molecule has 0 aliphatic carbocycles. The number of phenolic OH excluding ortho intramolecular Hbond substituents is 1. The summed E-state index contributed by atoms with van der Waals surface area (Å²) < 4.78 is 0. The largest absolute Gasteiger partial charge is 0.508 e. The van der Waals surface area contributed by atoms with E-state index in [2.05, 4.69) is 10.6 Å². The maximum Gasteiger partial charge on any atom is 0.326 e. The van der Waals surface area contributed by atoms with Gasteiger partial charge in [-0.3, -0.25) is 9.59 Å². The molecule has 1 aromatic rings. The summed E-state index contributed by atoms with van der Waals surface area (Å²) in [5.74, 6) is -2.96. The molecule has 0 spiro atoms. The Kier molecular flexibility index (Phi) is 10.4. The predicted molar refractivity (Wildman–Crippen MR) is 100 cm³/mol. The Hall–Kier alpha value is -2.36. The van der Waals surface area contributed by atoms with Crippen LogP contribution in [-0.4, -0.2) is 57.8 Å². The lowest BCUT2D eigenvalue weighted by Crippen LogP contribution is -2.56. The normalized spacial score (nSPS) is 13.8. The third kappa shape index (κ3) is 7.81. The summed E-state index contributed by atoms with van der Waals surface area (Å²) in [4.78, 5) is 35.4. The van der Waals surface area contributed by atoms with Gasteiger partial charge in [-0.25, -0.2) is 4.79 Å². The van der Waals surface area contributed by atoms with Crippen molar-refractivity contribution < 1.29 is 29.7 Å². The standard InChI is InChI=1S/C17H25N3O6.ClH/c1-9(2)14(17(25)26)20-16(24)13(8-21)19-15(23)12(18)7-10-3-5-11(22)6-4-10;/h3-6,9,12-14,21-22H,7-8,18H2,1-2H3,(H,19,23)(H,20,24)(H,25,26);1H/t12-,13-,14-;/m0./s1. The number of carbonyl (C=O) groups excluding carboxylic acids is 2. The molecule has 2 amide bonds. The number of carbonyl (C=O) groups is 3. The first-order chi connectivity index (χ1) is 12.1. The molecule has 0 bridgehead atoms. The zero-order chi connectivity index (χ0) is 19.9. The van der Waals surface area contributed by atoms with Crippen molar-refractivity contribution in [3.63, 3.8) is 0 Å². The molecule has 0 radical (unpaired) electrons. The lowest BCUT2D eigenvalue weighted by atomic mass is 10.0. The molecule has 0 saturated heterocycles. The van der Waals surface area contributed by atoms with E-state index in [-0.39, 0.29) is 30.5 Å². The molecule has 0 aliphatic rings. The lowest BCUT2D eigenvalue weighted by molar-refractivity contribution is -0.143. The van der Waals surface area contributed by atoms with Gasteiger partial charge in [0.2, 0.25) is 11.8 Å². The number of aliphatic carboxylic acids is 1. The summed E-state index contributed by atoms with van der Waals surface area (Å²) in [5.41, 5.74) is 6.52. The van der Waals surface area contributed by atoms with Gasteiger partial charge in [0.15, 0.2) is 0 Å². The summed E-state index contributed by atoms with van der Waals surface area (Å²) in [6.07, 6.45) is 0.162. The van der Waals surface area contributed by atoms with Crippen LogP contribution in [0, 0.1) is 5.92 Å². The van der Waals surface area contributed by atoms with Gasteiger partial charge in [0.05, 0.1) is 12.6 Å². The van der Waals surface area contributed by atoms with Crippen LogP contribution < -0.4 is 16.4 Å². The minimum atomic E-state index is -1.31. The number of amides is 2. The molecule has 152 valence electrons. The van der Waals surface area contributed by atoms with E-state index in [0.717, 1.165) is 0 Å². The number of halogens is 1. The first-order valence-corrected chi connectivity index (χ1v) is 8.13. The highest BCUT2D eigenvalue weighted by molar-refractivity contribution is 5.92. The molecule has 0 aliphatic heterocycles. The molecular weight excluding hydrogens is 378 g/mol. The van der Waals surface area contributed by atoms with Gasteiger partial charge in [0, 0.05) is 0 Å². The molecule has 0 heterocycles. The second-order valence-corrected chi connectivity index (χ2v) is 6.29. The van der Waals surface area contributed by atoms with Gasteiger partial charge in [0.1, 0.15) is 17.8 Å². The topological polar surface area (TPSA) is 162 Å². The number of aromatic hydroxyl groups is 1. The minimum Gasteiger partial charge on any atom is -0.508 e. The number of hydrogen-bond acceptors (Lipinski definition) is 6. The molecule has 1 rings (SSSR count). The van der Waals surface area contributed by atoms with E-state index in [9.17, 15) is 24.6 Å². The molecule has 1 aromatic carbocycles. The summed E-state index contributed by atoms with van der Waals surface area (Å²) in [6.45, 7) is 2.55. The Morgan fingerprint density at radius 2 is 1.63 bits per heavy atom. The maximum absolute atomic E-state index is 12.1. The lowest BCUT2D eigenvalue weighted by Gasteiger charge is -2.23. The van der Waals surface area contributed by atoms with Gasteiger partial charge < -0.3 is 31.7 Å². The van der Waals surface area contributed by atoms with Gasteiger partial charge in [-0.05, 0) is 30.0 Å². The van der Waals surface area contributed by atoms with Gasteiger partial charge in [-0.15, -0.1) is 12.4 Å². The Labute approximate surface area is 163 Å². The molecule has 3 atom stereocenters. The molecule has 7 N–H and O–H groups in total. The van der Waals surface area contributed by atoms with Crippen LogP contribution in [0.25, 0.3) is 0 Å². The molecule has 0 fully saturated rings. The van der Waals surface area contributed by atoms with Crippen molar-refractivity contribution in [2.24, 2.45) is 11.7 Å². The van der Waals surface area contributed by atoms with Crippen LogP contribution in [0.3, 0.4) is 0 Å². The second kappa shape index (κ2) is 11.4. The SMILES string of the molecule is CC(C)[C@H](NC(=O)[C@H](CO)NC(=O)[C@@H](N)Cc1ccc(O)cc1)C(=O)O.Cl. The Morgan fingerprint density at radius 3 is 2.07 bits per heavy atom. The fraction of sp³-hybridized carbons (Fsp3) is 0.471. The van der Waals surface area contributed by atoms with Crippen LogP contribution in [0.15, 0.2) is 24.3 Å². The van der Waals surface area contributed by atoms with Crippen molar-refractivity contribution in [1.29, 1.82) is 0 Å². The number of aliphatic hydroxyl groups is 1. The fourth-order valence-corrected chi connectivity index (χ4v) is 2.22. The summed E-state index contributed by atoms with van der Waals surface area (Å²) in [7, 11) is 0. The van der Waals surface area contributed by atoms with E-state index in [1.165, 1.54) is 12.1 Å². The minimum absolute atomic E-state index is 0. The van der Waals surface area contributed by atoms with E-state index in [4.69, 9.17) is 10.8 Å². The predicted octanol–water partition coefficient (Wildman–Crippen LogP) is -0.614. The molecule has 0 aromatic heterocycles. The van der Waals surface area contributed by atoms with Gasteiger partial charge in [-0.1, -0.05) is 26.0 Å². The summed E-state index contributed by atoms with van der Waals surface area (Å²) >= 11 is 0. The maximum atomic E-state index is 12.1. The third-order valence-corrected chi connectivity index (χ3v) is 3.77. The molecule has 0 unspecified atom stereocenters. The van der Waals surface area contributed by atoms with E-state index < -0.39 is 42.5 Å². The molecule has 10 heteroatoms. The average Bonchev–Trinajstić information content (AvgIpc) is 2.58. The van der Waals surface area contributed by atoms with Crippen molar-refractivity contribution in [3.05, 3.63) is 29.8 Å². The first-order valence-electron chi connectivity index (χ1n) is 8.13. The van der Waals surface area contributed by atoms with Crippen molar-refractivity contribution in [3.8, 4) is 5.75 Å².